The lowest BCUT2D eigenvalue weighted by atomic mass is 10.1. The number of nitrogens with one attached hydrogen (secondary N) is 1. The van der Waals surface area contributed by atoms with Gasteiger partial charge in [-0.15, -0.1) is 0 Å². The lowest BCUT2D eigenvalue weighted by Crippen LogP contribution is -2.37. The van der Waals surface area contributed by atoms with Crippen molar-refractivity contribution in [1.82, 2.24) is 5.32 Å². The summed E-state index contributed by atoms with van der Waals surface area (Å²) in [5, 5.41) is 2.39. The van der Waals surface area contributed by atoms with Gasteiger partial charge in [-0.2, -0.15) is 0 Å². The average Bonchev–Trinajstić information content (AvgIpc) is 2.49. The van der Waals surface area contributed by atoms with Crippen LogP contribution in [0.4, 0.5) is 0 Å². The van der Waals surface area contributed by atoms with E-state index in [0.29, 0.717) is 12.0 Å². The van der Waals surface area contributed by atoms with Gasteiger partial charge in [0.15, 0.2) is 0 Å². The second kappa shape index (κ2) is 7.01. The minimum atomic E-state index is -0.433. The zero-order valence-corrected chi connectivity index (χ0v) is 12.3. The lowest BCUT2D eigenvalue weighted by Gasteiger charge is -2.10. The molecule has 3 nitrogen and oxygen atoms in total. The van der Waals surface area contributed by atoms with Crippen molar-refractivity contribution < 1.29 is 9.59 Å². The fraction of sp³-hybridized carbons (Fsp3) is 0.125. The SMILES string of the molecule is O=C(NC(=O)C(Br)Cc1ccccc1)c1ccccc1. The Kier molecular flexibility index (Phi) is 5.07. The number of carbonyl (C=O) groups is 2. The van der Waals surface area contributed by atoms with E-state index in [1.165, 1.54) is 0 Å². The third-order valence-corrected chi connectivity index (χ3v) is 3.55. The summed E-state index contributed by atoms with van der Waals surface area (Å²) in [4.78, 5) is 23.4. The van der Waals surface area contributed by atoms with Crippen molar-refractivity contribution in [1.29, 1.82) is 0 Å². The molecule has 1 atom stereocenters. The number of hydrogen-bond donors (Lipinski definition) is 1. The Morgan fingerprint density at radius 2 is 1.50 bits per heavy atom. The molecule has 0 heterocycles. The Morgan fingerprint density at radius 1 is 0.950 bits per heavy atom. The van der Waals surface area contributed by atoms with Crippen molar-refractivity contribution in [3.63, 3.8) is 0 Å². The smallest absolute Gasteiger partial charge is 0.257 e. The predicted octanol–water partition coefficient (Wildman–Crippen LogP) is 2.95. The van der Waals surface area contributed by atoms with Gasteiger partial charge in [-0.25, -0.2) is 0 Å². The molecule has 0 spiro atoms. The van der Waals surface area contributed by atoms with Crippen molar-refractivity contribution in [3.05, 3.63) is 71.8 Å². The second-order valence-electron chi connectivity index (χ2n) is 4.34. The van der Waals surface area contributed by atoms with Crippen LogP contribution in [-0.4, -0.2) is 16.6 Å². The van der Waals surface area contributed by atoms with E-state index in [1.807, 2.05) is 36.4 Å². The molecule has 2 rings (SSSR count). The molecular weight excluding hydrogens is 318 g/mol. The van der Waals surface area contributed by atoms with E-state index in [2.05, 4.69) is 21.2 Å². The van der Waals surface area contributed by atoms with E-state index in [0.717, 1.165) is 5.56 Å². The molecule has 0 radical (unpaired) electrons. The van der Waals surface area contributed by atoms with Crippen LogP contribution < -0.4 is 5.32 Å². The van der Waals surface area contributed by atoms with Crippen LogP contribution in [0.2, 0.25) is 0 Å². The maximum absolute atomic E-state index is 12.0. The molecule has 1 unspecified atom stereocenters. The maximum Gasteiger partial charge on any atom is 0.257 e. The van der Waals surface area contributed by atoms with Crippen LogP contribution in [0.25, 0.3) is 0 Å². The highest BCUT2D eigenvalue weighted by molar-refractivity contribution is 9.10. The van der Waals surface area contributed by atoms with Gasteiger partial charge in [-0.1, -0.05) is 64.5 Å². The number of halogens is 1. The number of imide groups is 1. The molecule has 102 valence electrons. The van der Waals surface area contributed by atoms with Gasteiger partial charge in [-0.05, 0) is 24.1 Å². The standard InChI is InChI=1S/C16H14BrNO2/c17-14(11-12-7-3-1-4-8-12)16(20)18-15(19)13-9-5-2-6-10-13/h1-10,14H,11H2,(H,18,19,20). The summed E-state index contributed by atoms with van der Waals surface area (Å²) < 4.78 is 0. The highest BCUT2D eigenvalue weighted by Crippen LogP contribution is 2.10. The van der Waals surface area contributed by atoms with Crippen LogP contribution in [0.15, 0.2) is 60.7 Å². The molecule has 2 aromatic rings. The summed E-state index contributed by atoms with van der Waals surface area (Å²) >= 11 is 3.32. The molecule has 0 aliphatic carbocycles. The summed E-state index contributed by atoms with van der Waals surface area (Å²) in [6.45, 7) is 0. The number of benzene rings is 2. The molecule has 0 aliphatic heterocycles. The van der Waals surface area contributed by atoms with Gasteiger partial charge in [-0.3, -0.25) is 14.9 Å². The topological polar surface area (TPSA) is 46.2 Å². The summed E-state index contributed by atoms with van der Waals surface area (Å²) in [6.07, 6.45) is 0.536. The summed E-state index contributed by atoms with van der Waals surface area (Å²) in [5.74, 6) is -0.712. The fourth-order valence-electron chi connectivity index (χ4n) is 1.77. The Hall–Kier alpha value is -1.94. The number of carbonyl (C=O) groups excluding carboxylic acids is 2. The van der Waals surface area contributed by atoms with E-state index in [-0.39, 0.29) is 11.8 Å². The highest BCUT2D eigenvalue weighted by Gasteiger charge is 2.18. The van der Waals surface area contributed by atoms with Crippen LogP contribution in [0.3, 0.4) is 0 Å². The monoisotopic (exact) mass is 331 g/mol. The molecule has 20 heavy (non-hydrogen) atoms. The normalized spacial score (nSPS) is 11.7. The van der Waals surface area contributed by atoms with Crippen molar-refractivity contribution >= 4 is 27.7 Å². The molecule has 0 aliphatic rings. The largest absolute Gasteiger partial charge is 0.291 e. The molecule has 2 amide bonds. The molecule has 0 fully saturated rings. The highest BCUT2D eigenvalue weighted by atomic mass is 79.9. The number of rotatable bonds is 4. The van der Waals surface area contributed by atoms with E-state index >= 15 is 0 Å². The first-order valence-electron chi connectivity index (χ1n) is 6.25. The van der Waals surface area contributed by atoms with Crippen molar-refractivity contribution in [2.45, 2.75) is 11.2 Å². The first-order valence-corrected chi connectivity index (χ1v) is 7.16. The van der Waals surface area contributed by atoms with Crippen LogP contribution in [0.5, 0.6) is 0 Å². The molecule has 0 saturated carbocycles. The van der Waals surface area contributed by atoms with E-state index in [9.17, 15) is 9.59 Å². The molecule has 0 aromatic heterocycles. The third kappa shape index (κ3) is 4.03. The Morgan fingerprint density at radius 3 is 2.10 bits per heavy atom. The van der Waals surface area contributed by atoms with Gasteiger partial charge in [0.2, 0.25) is 5.91 Å². The lowest BCUT2D eigenvalue weighted by molar-refractivity contribution is -0.119. The number of hydrogen-bond acceptors (Lipinski definition) is 2. The first-order chi connectivity index (χ1) is 9.66. The zero-order chi connectivity index (χ0) is 14.4. The maximum atomic E-state index is 12.0. The van der Waals surface area contributed by atoms with Gasteiger partial charge < -0.3 is 0 Å². The van der Waals surface area contributed by atoms with Crippen LogP contribution in [-0.2, 0) is 11.2 Å². The van der Waals surface area contributed by atoms with Crippen molar-refractivity contribution in [3.8, 4) is 0 Å². The molecule has 0 saturated heterocycles. The van der Waals surface area contributed by atoms with E-state index < -0.39 is 4.83 Å². The predicted molar refractivity (Wildman–Crippen MR) is 81.8 cm³/mol. The molecule has 2 aromatic carbocycles. The Labute approximate surface area is 126 Å². The van der Waals surface area contributed by atoms with Crippen LogP contribution >= 0.6 is 15.9 Å². The van der Waals surface area contributed by atoms with Gasteiger partial charge in [0.25, 0.3) is 5.91 Å². The molecule has 1 N–H and O–H groups in total. The summed E-state index contributed by atoms with van der Waals surface area (Å²) in [5.41, 5.74) is 1.51. The third-order valence-electron chi connectivity index (χ3n) is 2.81. The number of amides is 2. The van der Waals surface area contributed by atoms with Gasteiger partial charge in [0.1, 0.15) is 0 Å². The first kappa shape index (κ1) is 14.5. The average molecular weight is 332 g/mol. The summed E-state index contributed by atoms with van der Waals surface area (Å²) in [7, 11) is 0. The molecular formula is C16H14BrNO2. The van der Waals surface area contributed by atoms with E-state index in [4.69, 9.17) is 0 Å². The van der Waals surface area contributed by atoms with Crippen molar-refractivity contribution in [2.75, 3.05) is 0 Å². The number of alkyl halides is 1. The molecule has 0 bridgehead atoms. The quantitative estimate of drug-likeness (QED) is 0.875. The van der Waals surface area contributed by atoms with Crippen LogP contribution in [0, 0.1) is 0 Å². The fourth-order valence-corrected chi connectivity index (χ4v) is 2.25. The minimum absolute atomic E-state index is 0.331. The van der Waals surface area contributed by atoms with E-state index in [1.54, 1.807) is 24.3 Å². The van der Waals surface area contributed by atoms with Gasteiger partial charge >= 0.3 is 0 Å². The second-order valence-corrected chi connectivity index (χ2v) is 5.45. The Bertz CT molecular complexity index is 584. The Balaban J connectivity index is 1.93. The van der Waals surface area contributed by atoms with Crippen LogP contribution in [0.1, 0.15) is 15.9 Å². The minimum Gasteiger partial charge on any atom is -0.291 e. The molecule has 4 heteroatoms. The summed E-state index contributed by atoms with van der Waals surface area (Å²) in [6, 6.07) is 18.3. The zero-order valence-electron chi connectivity index (χ0n) is 10.8. The van der Waals surface area contributed by atoms with Crippen molar-refractivity contribution in [2.24, 2.45) is 0 Å². The van der Waals surface area contributed by atoms with Gasteiger partial charge in [0, 0.05) is 5.56 Å². The van der Waals surface area contributed by atoms with Gasteiger partial charge in [0.05, 0.1) is 4.83 Å².